The van der Waals surface area contributed by atoms with Gasteiger partial charge < -0.3 is 11.1 Å². The molecule has 0 bridgehead atoms. The van der Waals surface area contributed by atoms with E-state index >= 15 is 0 Å². The predicted molar refractivity (Wildman–Crippen MR) is 65.2 cm³/mol. The summed E-state index contributed by atoms with van der Waals surface area (Å²) in [6.45, 7) is 9.07. The lowest BCUT2D eigenvalue weighted by Crippen LogP contribution is -2.43. The van der Waals surface area contributed by atoms with Gasteiger partial charge in [0.15, 0.2) is 0 Å². The Labute approximate surface area is 95.3 Å². The monoisotopic (exact) mass is 228 g/mol. The molecule has 3 N–H and O–H groups in total. The van der Waals surface area contributed by atoms with Crippen LogP contribution in [0.5, 0.6) is 0 Å². The number of nitrogens with one attached hydrogen (secondary N) is 1. The number of anilines is 1. The molecule has 1 rings (SSSR count). The molecule has 0 saturated carbocycles. The molecule has 4 nitrogen and oxygen atoms in total. The minimum atomic E-state index is -0.0832. The van der Waals surface area contributed by atoms with Crippen LogP contribution in [0, 0.1) is 12.8 Å². The van der Waals surface area contributed by atoms with Crippen molar-refractivity contribution < 1.29 is 0 Å². The number of aromatic nitrogens is 2. The van der Waals surface area contributed by atoms with Crippen LogP contribution in [-0.4, -0.2) is 22.3 Å². The summed E-state index contributed by atoms with van der Waals surface area (Å²) >= 11 is 1.57. The molecule has 0 aliphatic carbocycles. The molecule has 5 heteroatoms. The average molecular weight is 228 g/mol. The third kappa shape index (κ3) is 3.76. The second kappa shape index (κ2) is 4.90. The zero-order chi connectivity index (χ0) is 11.5. The summed E-state index contributed by atoms with van der Waals surface area (Å²) in [6.07, 6.45) is 1.03. The Bertz CT molecular complexity index is 310. The van der Waals surface area contributed by atoms with Gasteiger partial charge >= 0.3 is 0 Å². The Kier molecular flexibility index (Phi) is 4.04. The molecule has 1 atom stereocenters. The lowest BCUT2D eigenvalue weighted by Gasteiger charge is -2.30. The van der Waals surface area contributed by atoms with Crippen LogP contribution in [0.1, 0.15) is 32.2 Å². The van der Waals surface area contributed by atoms with E-state index in [1.54, 1.807) is 11.3 Å². The standard InChI is InChI=1S/C10H20N4S/c1-7(2)5-10(4,6-11)12-9-14-13-8(3)15-9/h7H,5-6,11H2,1-4H3,(H,12,14). The smallest absolute Gasteiger partial charge is 0.206 e. The Morgan fingerprint density at radius 2 is 2.13 bits per heavy atom. The van der Waals surface area contributed by atoms with Gasteiger partial charge in [-0.15, -0.1) is 10.2 Å². The van der Waals surface area contributed by atoms with Crippen molar-refractivity contribution in [1.29, 1.82) is 0 Å². The number of nitrogens with zero attached hydrogens (tertiary/aromatic N) is 2. The quantitative estimate of drug-likeness (QED) is 0.809. The summed E-state index contributed by atoms with van der Waals surface area (Å²) in [5.74, 6) is 0.611. The van der Waals surface area contributed by atoms with Crippen LogP contribution in [0.3, 0.4) is 0 Å². The van der Waals surface area contributed by atoms with E-state index in [2.05, 4.69) is 36.3 Å². The summed E-state index contributed by atoms with van der Waals surface area (Å²) in [4.78, 5) is 0. The molecule has 0 amide bonds. The van der Waals surface area contributed by atoms with Gasteiger partial charge in [0.25, 0.3) is 0 Å². The summed E-state index contributed by atoms with van der Waals surface area (Å²) < 4.78 is 0. The molecular weight excluding hydrogens is 208 g/mol. The molecule has 0 radical (unpaired) electrons. The minimum Gasteiger partial charge on any atom is -0.354 e. The molecule has 1 heterocycles. The van der Waals surface area contributed by atoms with Crippen molar-refractivity contribution in [2.75, 3.05) is 11.9 Å². The predicted octanol–water partition coefficient (Wildman–Crippen LogP) is 2.02. The fourth-order valence-corrected chi connectivity index (χ4v) is 2.43. The van der Waals surface area contributed by atoms with E-state index in [-0.39, 0.29) is 5.54 Å². The average Bonchev–Trinajstić information content (AvgIpc) is 2.49. The topological polar surface area (TPSA) is 63.8 Å². The highest BCUT2D eigenvalue weighted by Gasteiger charge is 2.24. The van der Waals surface area contributed by atoms with E-state index < -0.39 is 0 Å². The molecule has 0 spiro atoms. The lowest BCUT2D eigenvalue weighted by molar-refractivity contribution is 0.406. The molecular formula is C10H20N4S. The van der Waals surface area contributed by atoms with E-state index in [0.717, 1.165) is 16.6 Å². The lowest BCUT2D eigenvalue weighted by atomic mass is 9.91. The van der Waals surface area contributed by atoms with Crippen molar-refractivity contribution in [3.8, 4) is 0 Å². The molecule has 0 aromatic carbocycles. The molecule has 0 saturated heterocycles. The van der Waals surface area contributed by atoms with Gasteiger partial charge in [0, 0.05) is 12.1 Å². The van der Waals surface area contributed by atoms with Crippen molar-refractivity contribution in [2.45, 2.75) is 39.7 Å². The van der Waals surface area contributed by atoms with Crippen LogP contribution in [-0.2, 0) is 0 Å². The van der Waals surface area contributed by atoms with Crippen LogP contribution in [0.15, 0.2) is 0 Å². The van der Waals surface area contributed by atoms with E-state index in [1.807, 2.05) is 6.92 Å². The van der Waals surface area contributed by atoms with Crippen molar-refractivity contribution in [1.82, 2.24) is 10.2 Å². The van der Waals surface area contributed by atoms with E-state index in [9.17, 15) is 0 Å². The van der Waals surface area contributed by atoms with Crippen LogP contribution in [0.4, 0.5) is 5.13 Å². The Balaban J connectivity index is 2.67. The number of nitrogens with two attached hydrogens (primary N) is 1. The molecule has 1 aromatic heterocycles. The van der Waals surface area contributed by atoms with E-state index in [0.29, 0.717) is 12.5 Å². The summed E-state index contributed by atoms with van der Waals surface area (Å²) in [5, 5.41) is 13.3. The zero-order valence-corrected chi connectivity index (χ0v) is 10.7. The molecule has 86 valence electrons. The van der Waals surface area contributed by atoms with E-state index in [1.165, 1.54) is 0 Å². The Morgan fingerprint density at radius 1 is 1.47 bits per heavy atom. The summed E-state index contributed by atoms with van der Waals surface area (Å²) in [5.41, 5.74) is 5.72. The van der Waals surface area contributed by atoms with Gasteiger partial charge in [0.2, 0.25) is 5.13 Å². The van der Waals surface area contributed by atoms with Crippen LogP contribution in [0.25, 0.3) is 0 Å². The normalized spacial score (nSPS) is 15.3. The fourth-order valence-electron chi connectivity index (χ4n) is 1.69. The first-order valence-corrected chi connectivity index (χ1v) is 6.05. The van der Waals surface area contributed by atoms with Crippen LogP contribution < -0.4 is 11.1 Å². The van der Waals surface area contributed by atoms with Crippen molar-refractivity contribution in [2.24, 2.45) is 11.7 Å². The Hall–Kier alpha value is -0.680. The fraction of sp³-hybridized carbons (Fsp3) is 0.800. The van der Waals surface area contributed by atoms with Gasteiger partial charge in [-0.2, -0.15) is 0 Å². The van der Waals surface area contributed by atoms with Gasteiger partial charge in [0.1, 0.15) is 5.01 Å². The third-order valence-electron chi connectivity index (χ3n) is 2.24. The highest BCUT2D eigenvalue weighted by molar-refractivity contribution is 7.15. The second-order valence-corrected chi connectivity index (χ2v) is 5.80. The van der Waals surface area contributed by atoms with Gasteiger partial charge in [-0.3, -0.25) is 0 Å². The van der Waals surface area contributed by atoms with Gasteiger partial charge in [-0.1, -0.05) is 25.2 Å². The third-order valence-corrected chi connectivity index (χ3v) is 3.00. The molecule has 0 aliphatic heterocycles. The molecule has 0 aliphatic rings. The number of hydrogen-bond acceptors (Lipinski definition) is 5. The van der Waals surface area contributed by atoms with Crippen LogP contribution >= 0.6 is 11.3 Å². The maximum absolute atomic E-state index is 5.80. The number of hydrogen-bond donors (Lipinski definition) is 2. The molecule has 0 fully saturated rings. The van der Waals surface area contributed by atoms with Gasteiger partial charge in [-0.25, -0.2) is 0 Å². The highest BCUT2D eigenvalue weighted by atomic mass is 32.1. The maximum atomic E-state index is 5.80. The zero-order valence-electron chi connectivity index (χ0n) is 9.87. The summed E-state index contributed by atoms with van der Waals surface area (Å²) in [7, 11) is 0. The minimum absolute atomic E-state index is 0.0832. The molecule has 1 aromatic rings. The van der Waals surface area contributed by atoms with E-state index in [4.69, 9.17) is 5.73 Å². The van der Waals surface area contributed by atoms with Crippen molar-refractivity contribution in [3.05, 3.63) is 5.01 Å². The first-order valence-electron chi connectivity index (χ1n) is 5.23. The highest BCUT2D eigenvalue weighted by Crippen LogP contribution is 2.23. The number of aryl methyl sites for hydroxylation is 1. The van der Waals surface area contributed by atoms with Gasteiger partial charge in [0.05, 0.1) is 0 Å². The maximum Gasteiger partial charge on any atom is 0.206 e. The van der Waals surface area contributed by atoms with Crippen molar-refractivity contribution in [3.63, 3.8) is 0 Å². The summed E-state index contributed by atoms with van der Waals surface area (Å²) in [6, 6.07) is 0. The number of rotatable bonds is 5. The molecule has 15 heavy (non-hydrogen) atoms. The van der Waals surface area contributed by atoms with Crippen molar-refractivity contribution >= 4 is 16.5 Å². The second-order valence-electron chi connectivity index (χ2n) is 4.61. The first-order chi connectivity index (χ1) is 6.95. The largest absolute Gasteiger partial charge is 0.354 e. The molecule has 1 unspecified atom stereocenters. The first kappa shape index (κ1) is 12.4. The van der Waals surface area contributed by atoms with Crippen LogP contribution in [0.2, 0.25) is 0 Å². The Morgan fingerprint density at radius 3 is 2.53 bits per heavy atom. The van der Waals surface area contributed by atoms with Gasteiger partial charge in [-0.05, 0) is 26.2 Å². The SMILES string of the molecule is Cc1nnc(NC(C)(CN)CC(C)C)s1.